The second kappa shape index (κ2) is 6.18. The number of hydrogen-bond acceptors (Lipinski definition) is 3. The van der Waals surface area contributed by atoms with Crippen molar-refractivity contribution in [2.24, 2.45) is 0 Å². The molecule has 1 atom stereocenters. The van der Waals surface area contributed by atoms with Gasteiger partial charge in [-0.15, -0.1) is 0 Å². The van der Waals surface area contributed by atoms with Gasteiger partial charge >= 0.3 is 0 Å². The number of aromatic nitrogens is 2. The van der Waals surface area contributed by atoms with E-state index in [1.54, 1.807) is 24.3 Å². The summed E-state index contributed by atoms with van der Waals surface area (Å²) in [6.07, 6.45) is 1.48. The van der Waals surface area contributed by atoms with Crippen molar-refractivity contribution in [3.63, 3.8) is 0 Å². The van der Waals surface area contributed by atoms with Crippen molar-refractivity contribution in [1.82, 2.24) is 9.97 Å². The molecule has 1 aromatic carbocycles. The number of benzene rings is 1. The van der Waals surface area contributed by atoms with Gasteiger partial charge in [-0.1, -0.05) is 45.2 Å². The first-order chi connectivity index (χ1) is 9.00. The van der Waals surface area contributed by atoms with Gasteiger partial charge in [-0.3, -0.25) is 4.79 Å². The highest BCUT2D eigenvalue weighted by Crippen LogP contribution is 2.32. The van der Waals surface area contributed by atoms with Gasteiger partial charge in [0.15, 0.2) is 5.78 Å². The summed E-state index contributed by atoms with van der Waals surface area (Å²) in [7, 11) is 0. The van der Waals surface area contributed by atoms with E-state index < -0.39 is 4.83 Å². The van der Waals surface area contributed by atoms with E-state index in [4.69, 9.17) is 34.8 Å². The fraction of sp³-hybridized carbons (Fsp3) is 0.0833. The normalized spacial score (nSPS) is 12.2. The topological polar surface area (TPSA) is 42.9 Å². The number of Topliss-reactive ketones (excluding diaryl/α,β-unsaturated/α-hetero) is 1. The van der Waals surface area contributed by atoms with E-state index in [2.05, 4.69) is 25.9 Å². The zero-order valence-corrected chi connectivity index (χ0v) is 13.1. The number of carbonyl (C=O) groups is 1. The van der Waals surface area contributed by atoms with Crippen molar-refractivity contribution in [1.29, 1.82) is 0 Å². The van der Waals surface area contributed by atoms with E-state index in [-0.39, 0.29) is 16.1 Å². The zero-order valence-electron chi connectivity index (χ0n) is 9.28. The summed E-state index contributed by atoms with van der Waals surface area (Å²) in [6.45, 7) is 0. The molecule has 0 aliphatic carbocycles. The molecule has 3 nitrogen and oxygen atoms in total. The lowest BCUT2D eigenvalue weighted by Gasteiger charge is -2.10. The van der Waals surface area contributed by atoms with Crippen molar-refractivity contribution in [2.45, 2.75) is 4.83 Å². The summed E-state index contributed by atoms with van der Waals surface area (Å²) in [6, 6.07) is 6.48. The first kappa shape index (κ1) is 14.7. The molecule has 2 rings (SSSR count). The molecule has 0 saturated carbocycles. The monoisotopic (exact) mass is 378 g/mol. The van der Waals surface area contributed by atoms with Crippen LogP contribution >= 0.6 is 50.7 Å². The molecule has 0 N–H and O–H groups in total. The fourth-order valence-corrected chi connectivity index (χ4v) is 2.50. The van der Waals surface area contributed by atoms with Crippen LogP contribution in [-0.4, -0.2) is 15.8 Å². The standard InChI is InChI=1S/C12H6BrCl3N2O/c13-9(8-4-5-17-12(16)18-8)11(19)6-2-1-3-7(14)10(6)15/h1-5,9H. The summed E-state index contributed by atoms with van der Waals surface area (Å²) in [5, 5.41) is 0.624. The second-order valence-electron chi connectivity index (χ2n) is 3.58. The average Bonchev–Trinajstić information content (AvgIpc) is 2.40. The molecule has 19 heavy (non-hydrogen) atoms. The third-order valence-electron chi connectivity index (χ3n) is 2.35. The Hall–Kier alpha value is -0.680. The van der Waals surface area contributed by atoms with E-state index in [1.807, 2.05) is 0 Å². The number of rotatable bonds is 3. The van der Waals surface area contributed by atoms with Gasteiger partial charge in [0.1, 0.15) is 4.83 Å². The van der Waals surface area contributed by atoms with Crippen LogP contribution in [0.1, 0.15) is 20.9 Å². The van der Waals surface area contributed by atoms with Crippen LogP contribution in [0.4, 0.5) is 0 Å². The minimum Gasteiger partial charge on any atom is -0.292 e. The molecule has 1 aromatic heterocycles. The molecule has 0 fully saturated rings. The van der Waals surface area contributed by atoms with Crippen LogP contribution in [-0.2, 0) is 0 Å². The lowest BCUT2D eigenvalue weighted by molar-refractivity contribution is 0.0990. The van der Waals surface area contributed by atoms with Crippen LogP contribution in [0.25, 0.3) is 0 Å². The van der Waals surface area contributed by atoms with Crippen molar-refractivity contribution >= 4 is 56.5 Å². The van der Waals surface area contributed by atoms with Crippen molar-refractivity contribution in [3.8, 4) is 0 Å². The molecule has 1 unspecified atom stereocenters. The first-order valence-electron chi connectivity index (χ1n) is 5.11. The molecule has 7 heteroatoms. The molecule has 0 radical (unpaired) electrons. The predicted molar refractivity (Wildman–Crippen MR) is 79.5 cm³/mol. The molecular formula is C12H6BrCl3N2O. The van der Waals surface area contributed by atoms with Gasteiger partial charge in [0.05, 0.1) is 15.7 Å². The Morgan fingerprint density at radius 2 is 1.95 bits per heavy atom. The highest BCUT2D eigenvalue weighted by molar-refractivity contribution is 9.09. The van der Waals surface area contributed by atoms with E-state index in [9.17, 15) is 4.79 Å². The minimum atomic E-state index is -0.663. The number of halogens is 4. The molecule has 2 aromatic rings. The van der Waals surface area contributed by atoms with Crippen LogP contribution in [0, 0.1) is 0 Å². The van der Waals surface area contributed by atoms with Crippen LogP contribution < -0.4 is 0 Å². The van der Waals surface area contributed by atoms with Gasteiger partial charge in [-0.05, 0) is 29.8 Å². The lowest BCUT2D eigenvalue weighted by atomic mass is 10.1. The molecule has 0 amide bonds. The van der Waals surface area contributed by atoms with Gasteiger partial charge in [-0.25, -0.2) is 9.97 Å². The maximum absolute atomic E-state index is 12.3. The Balaban J connectivity index is 2.36. The first-order valence-corrected chi connectivity index (χ1v) is 7.16. The lowest BCUT2D eigenvalue weighted by Crippen LogP contribution is -2.09. The van der Waals surface area contributed by atoms with Crippen molar-refractivity contribution in [2.75, 3.05) is 0 Å². The van der Waals surface area contributed by atoms with Crippen LogP contribution in [0.15, 0.2) is 30.5 Å². The van der Waals surface area contributed by atoms with Gasteiger partial charge in [-0.2, -0.15) is 0 Å². The summed E-state index contributed by atoms with van der Waals surface area (Å²) < 4.78 is 0. The molecule has 0 bridgehead atoms. The third kappa shape index (κ3) is 3.26. The zero-order chi connectivity index (χ0) is 14.0. The molecule has 0 aliphatic heterocycles. The number of alkyl halides is 1. The molecular weight excluding hydrogens is 374 g/mol. The number of hydrogen-bond donors (Lipinski definition) is 0. The smallest absolute Gasteiger partial charge is 0.222 e. The Morgan fingerprint density at radius 3 is 2.63 bits per heavy atom. The minimum absolute atomic E-state index is 0.0759. The SMILES string of the molecule is O=C(c1cccc(Cl)c1Cl)C(Br)c1ccnc(Cl)n1. The van der Waals surface area contributed by atoms with Crippen LogP contribution in [0.3, 0.4) is 0 Å². The largest absolute Gasteiger partial charge is 0.292 e. The summed E-state index contributed by atoms with van der Waals surface area (Å²) in [5.41, 5.74) is 0.784. The summed E-state index contributed by atoms with van der Waals surface area (Å²) in [5.74, 6) is -0.248. The predicted octanol–water partition coefficient (Wildman–Crippen LogP) is 4.76. The highest BCUT2D eigenvalue weighted by atomic mass is 79.9. The van der Waals surface area contributed by atoms with E-state index in [0.717, 1.165) is 0 Å². The van der Waals surface area contributed by atoms with E-state index in [0.29, 0.717) is 16.3 Å². The summed E-state index contributed by atoms with van der Waals surface area (Å²) in [4.78, 5) is 19.4. The maximum Gasteiger partial charge on any atom is 0.222 e. The fourth-order valence-electron chi connectivity index (χ4n) is 1.45. The van der Waals surface area contributed by atoms with Crippen LogP contribution in [0.2, 0.25) is 15.3 Å². The summed E-state index contributed by atoms with van der Waals surface area (Å²) >= 11 is 20.9. The number of carbonyl (C=O) groups excluding carboxylic acids is 1. The van der Waals surface area contributed by atoms with Gasteiger partial charge < -0.3 is 0 Å². The highest BCUT2D eigenvalue weighted by Gasteiger charge is 2.23. The second-order valence-corrected chi connectivity index (χ2v) is 5.62. The molecule has 1 heterocycles. The average molecular weight is 380 g/mol. The number of ketones is 1. The Labute approximate surface area is 133 Å². The quantitative estimate of drug-likeness (QED) is 0.438. The molecule has 0 spiro atoms. The molecule has 98 valence electrons. The van der Waals surface area contributed by atoms with Crippen LogP contribution in [0.5, 0.6) is 0 Å². The molecule has 0 saturated heterocycles. The van der Waals surface area contributed by atoms with E-state index in [1.165, 1.54) is 6.20 Å². The van der Waals surface area contributed by atoms with Gasteiger partial charge in [0.2, 0.25) is 5.28 Å². The van der Waals surface area contributed by atoms with Gasteiger partial charge in [0.25, 0.3) is 0 Å². The maximum atomic E-state index is 12.3. The Morgan fingerprint density at radius 1 is 1.21 bits per heavy atom. The van der Waals surface area contributed by atoms with Gasteiger partial charge in [0, 0.05) is 11.8 Å². The van der Waals surface area contributed by atoms with E-state index >= 15 is 0 Å². The van der Waals surface area contributed by atoms with Crippen molar-refractivity contribution < 1.29 is 4.79 Å². The number of nitrogens with zero attached hydrogens (tertiary/aromatic N) is 2. The third-order valence-corrected chi connectivity index (χ3v) is 4.24. The molecule has 0 aliphatic rings. The van der Waals surface area contributed by atoms with Crippen molar-refractivity contribution in [3.05, 3.63) is 57.0 Å². The Kier molecular flexibility index (Phi) is 4.79. The Bertz CT molecular complexity index is 636.